The highest BCUT2D eigenvalue weighted by molar-refractivity contribution is 7.80. The molecule has 0 saturated heterocycles. The van der Waals surface area contributed by atoms with Gasteiger partial charge in [0.05, 0.1) is 11.0 Å². The summed E-state index contributed by atoms with van der Waals surface area (Å²) in [6.45, 7) is 5.36. The van der Waals surface area contributed by atoms with Crippen LogP contribution in [0, 0.1) is 10.1 Å². The fraction of sp³-hybridized carbons (Fsp3) is 0.333. The molecule has 10 heteroatoms. The van der Waals surface area contributed by atoms with Gasteiger partial charge in [-0.1, -0.05) is 47.8 Å². The zero-order valence-corrected chi connectivity index (χ0v) is 18.5. The van der Waals surface area contributed by atoms with Gasteiger partial charge in [0.1, 0.15) is 21.6 Å². The molecule has 0 fully saturated rings. The highest BCUT2D eigenvalue weighted by Gasteiger charge is 2.30. The van der Waals surface area contributed by atoms with Crippen LogP contribution >= 0.6 is 12.2 Å². The molecule has 9 nitrogen and oxygen atoms in total. The highest BCUT2D eigenvalue weighted by atomic mass is 32.1. The van der Waals surface area contributed by atoms with Gasteiger partial charge in [-0.25, -0.2) is 9.48 Å². The van der Waals surface area contributed by atoms with Crippen LogP contribution in [0.3, 0.4) is 0 Å². The van der Waals surface area contributed by atoms with Crippen molar-refractivity contribution < 1.29 is 14.5 Å². The number of benzene rings is 2. The monoisotopic (exact) mass is 441 g/mol. The van der Waals surface area contributed by atoms with Crippen LogP contribution in [0.2, 0.25) is 0 Å². The van der Waals surface area contributed by atoms with Crippen LogP contribution in [0.1, 0.15) is 26.3 Å². The quantitative estimate of drug-likeness (QED) is 0.335. The van der Waals surface area contributed by atoms with E-state index in [1.54, 1.807) is 27.8 Å². The van der Waals surface area contributed by atoms with E-state index in [1.807, 2.05) is 30.3 Å². The van der Waals surface area contributed by atoms with Gasteiger partial charge in [-0.05, 0) is 38.8 Å². The van der Waals surface area contributed by atoms with E-state index in [1.165, 1.54) is 27.8 Å². The lowest BCUT2D eigenvalue weighted by atomic mass is 10.0. The minimum Gasteiger partial charge on any atom is -0.444 e. The van der Waals surface area contributed by atoms with Gasteiger partial charge in [-0.3, -0.25) is 10.1 Å². The van der Waals surface area contributed by atoms with Crippen molar-refractivity contribution in [2.24, 2.45) is 0 Å². The number of thiocarbonyl (C=S) groups is 1. The lowest BCUT2D eigenvalue weighted by Crippen LogP contribution is -2.47. The first kappa shape index (κ1) is 22.3. The Morgan fingerprint density at radius 2 is 1.94 bits per heavy atom. The smallest absolute Gasteiger partial charge is 0.410 e. The summed E-state index contributed by atoms with van der Waals surface area (Å²) in [7, 11) is 1.61. The number of hydrogen-bond acceptors (Lipinski definition) is 7. The maximum Gasteiger partial charge on any atom is 0.410 e. The van der Waals surface area contributed by atoms with Crippen molar-refractivity contribution in [3.63, 3.8) is 0 Å². The zero-order valence-electron chi connectivity index (χ0n) is 17.7. The number of carbonyl (C=O) groups excluding carboxylic acids is 1. The Morgan fingerprint density at radius 1 is 1.26 bits per heavy atom. The number of likely N-dealkylation sites (N-methyl/N-ethyl adjacent to an activating group) is 1. The molecule has 0 saturated carbocycles. The van der Waals surface area contributed by atoms with Crippen LogP contribution in [0.15, 0.2) is 48.5 Å². The minimum atomic E-state index is -0.676. The van der Waals surface area contributed by atoms with E-state index in [0.29, 0.717) is 17.5 Å². The lowest BCUT2D eigenvalue weighted by Gasteiger charge is -2.31. The summed E-state index contributed by atoms with van der Waals surface area (Å²) in [4.78, 5) is 25.2. The number of nitrogens with zero attached hydrogens (tertiary/aromatic N) is 5. The molecule has 0 bridgehead atoms. The number of nitro benzene ring substituents is 1. The second-order valence-electron chi connectivity index (χ2n) is 8.07. The van der Waals surface area contributed by atoms with Crippen molar-refractivity contribution in [1.29, 1.82) is 0 Å². The molecule has 3 rings (SSSR count). The summed E-state index contributed by atoms with van der Waals surface area (Å²) < 4.78 is 6.88. The number of carbonyl (C=O) groups is 1. The van der Waals surface area contributed by atoms with E-state index in [9.17, 15) is 14.9 Å². The number of fused-ring (bicyclic) bond motifs is 1. The Kier molecular flexibility index (Phi) is 6.30. The van der Waals surface area contributed by atoms with E-state index in [-0.39, 0.29) is 10.7 Å². The second-order valence-corrected chi connectivity index (χ2v) is 8.48. The van der Waals surface area contributed by atoms with Gasteiger partial charge in [0.25, 0.3) is 5.69 Å². The van der Waals surface area contributed by atoms with Crippen molar-refractivity contribution in [2.45, 2.75) is 38.8 Å². The fourth-order valence-corrected chi connectivity index (χ4v) is 3.39. The second kappa shape index (κ2) is 8.76. The van der Waals surface area contributed by atoms with Crippen molar-refractivity contribution in [3.8, 4) is 0 Å². The molecule has 31 heavy (non-hydrogen) atoms. The molecule has 1 aromatic heterocycles. The maximum atomic E-state index is 12.8. The Balaban J connectivity index is 2.01. The van der Waals surface area contributed by atoms with Gasteiger partial charge >= 0.3 is 6.09 Å². The average Bonchev–Trinajstić information content (AvgIpc) is 3.13. The molecule has 3 aromatic rings. The van der Waals surface area contributed by atoms with E-state index >= 15 is 0 Å². The Morgan fingerprint density at radius 3 is 2.55 bits per heavy atom. The Labute approximate surface area is 184 Å². The molecule has 0 radical (unpaired) electrons. The normalized spacial score (nSPS) is 12.4. The number of ether oxygens (including phenoxy) is 1. The topological polar surface area (TPSA) is 103 Å². The fourth-order valence-electron chi connectivity index (χ4n) is 3.01. The van der Waals surface area contributed by atoms with E-state index in [4.69, 9.17) is 17.0 Å². The maximum absolute atomic E-state index is 12.8. The molecule has 0 aliphatic carbocycles. The van der Waals surface area contributed by atoms with Gasteiger partial charge in [0, 0.05) is 19.2 Å². The Hall–Kier alpha value is -3.40. The van der Waals surface area contributed by atoms with E-state index < -0.39 is 22.7 Å². The number of aromatic nitrogens is 3. The Bertz CT molecular complexity index is 1120. The number of hydrogen-bond donors (Lipinski definition) is 0. The van der Waals surface area contributed by atoms with Crippen LogP contribution in [0.5, 0.6) is 0 Å². The number of non-ortho nitro benzene ring substituents is 1. The molecule has 0 aliphatic rings. The zero-order chi connectivity index (χ0) is 22.8. The first-order valence-electron chi connectivity index (χ1n) is 9.60. The summed E-state index contributed by atoms with van der Waals surface area (Å²) in [6.07, 6.45) is -0.128. The molecular formula is C21H23N5O4S. The van der Waals surface area contributed by atoms with Crippen molar-refractivity contribution in [1.82, 2.24) is 19.9 Å². The molecule has 0 aliphatic heterocycles. The van der Waals surface area contributed by atoms with E-state index in [0.717, 1.165) is 5.56 Å². The third-order valence-electron chi connectivity index (χ3n) is 4.55. The summed E-state index contributed by atoms with van der Waals surface area (Å²) in [5.74, 6) is 0. The van der Waals surface area contributed by atoms with E-state index in [2.05, 4.69) is 10.3 Å². The predicted molar refractivity (Wildman–Crippen MR) is 120 cm³/mol. The standard InChI is InChI=1S/C21H23N5O4S/c1-21(2,3)30-20(27)24(4)18(12-14-8-6-5-7-9-14)19(31)25-17-13-15(26(28)29)10-11-16(17)22-23-25/h5-11,13,18H,12H2,1-4H3/t18-/m1/s1. The molecule has 0 N–H and O–H groups in total. The average molecular weight is 442 g/mol. The van der Waals surface area contributed by atoms with Gasteiger partial charge in [0.15, 0.2) is 0 Å². The molecule has 1 heterocycles. The summed E-state index contributed by atoms with van der Waals surface area (Å²) in [6, 6.07) is 13.2. The number of rotatable bonds is 5. The van der Waals surface area contributed by atoms with Crippen LogP contribution in [-0.4, -0.2) is 54.6 Å². The van der Waals surface area contributed by atoms with Crippen LogP contribution in [0.4, 0.5) is 10.5 Å². The third kappa shape index (κ3) is 5.21. The largest absolute Gasteiger partial charge is 0.444 e. The molecule has 0 spiro atoms. The number of amides is 1. The first-order valence-corrected chi connectivity index (χ1v) is 10.0. The van der Waals surface area contributed by atoms with Crippen LogP contribution in [-0.2, 0) is 11.2 Å². The summed E-state index contributed by atoms with van der Waals surface area (Å²) >= 11 is 5.71. The van der Waals surface area contributed by atoms with Crippen molar-refractivity contribution >= 4 is 40.0 Å². The summed E-state index contributed by atoms with van der Waals surface area (Å²) in [5, 5.41) is 19.4. The molecular weight excluding hydrogens is 418 g/mol. The lowest BCUT2D eigenvalue weighted by molar-refractivity contribution is -0.384. The van der Waals surface area contributed by atoms with Gasteiger partial charge in [-0.2, -0.15) is 0 Å². The molecule has 2 aromatic carbocycles. The van der Waals surface area contributed by atoms with Crippen molar-refractivity contribution in [3.05, 3.63) is 64.2 Å². The minimum absolute atomic E-state index is 0.0982. The van der Waals surface area contributed by atoms with Gasteiger partial charge < -0.3 is 9.64 Å². The first-order chi connectivity index (χ1) is 14.6. The van der Waals surface area contributed by atoms with Crippen LogP contribution < -0.4 is 0 Å². The summed E-state index contributed by atoms with van der Waals surface area (Å²) in [5.41, 5.74) is 1.05. The number of nitro groups is 1. The van der Waals surface area contributed by atoms with Crippen LogP contribution in [0.25, 0.3) is 11.0 Å². The third-order valence-corrected chi connectivity index (χ3v) is 5.00. The molecule has 1 atom stereocenters. The van der Waals surface area contributed by atoms with Gasteiger partial charge in [0.2, 0.25) is 0 Å². The van der Waals surface area contributed by atoms with Crippen molar-refractivity contribution in [2.75, 3.05) is 7.05 Å². The van der Waals surface area contributed by atoms with Gasteiger partial charge in [-0.15, -0.1) is 5.10 Å². The molecule has 162 valence electrons. The predicted octanol–water partition coefficient (Wildman–Crippen LogP) is 3.99. The molecule has 1 amide bonds. The SMILES string of the molecule is CN(C(=O)OC(C)(C)C)[C@H](Cc1ccccc1)C(=S)n1nnc2ccc([N+](=O)[O-])cc21. The molecule has 0 unspecified atom stereocenters. The highest BCUT2D eigenvalue weighted by Crippen LogP contribution is 2.21.